The van der Waals surface area contributed by atoms with Crippen LogP contribution in [0.1, 0.15) is 47.5 Å². The third kappa shape index (κ3) is 5.22. The van der Waals surface area contributed by atoms with Crippen molar-refractivity contribution in [2.45, 2.75) is 44.7 Å². The van der Waals surface area contributed by atoms with Crippen LogP contribution in [0.4, 0.5) is 5.00 Å². The predicted molar refractivity (Wildman–Crippen MR) is 131 cm³/mol. The summed E-state index contributed by atoms with van der Waals surface area (Å²) in [4.78, 5) is 36.5. The van der Waals surface area contributed by atoms with Crippen LogP contribution < -0.4 is 5.32 Å². The number of fused-ring (bicyclic) bond motifs is 1. The van der Waals surface area contributed by atoms with Gasteiger partial charge >= 0.3 is 5.97 Å². The van der Waals surface area contributed by atoms with Crippen LogP contribution in [0.25, 0.3) is 10.6 Å². The van der Waals surface area contributed by atoms with E-state index in [-0.39, 0.29) is 17.6 Å². The van der Waals surface area contributed by atoms with Gasteiger partial charge in [0.15, 0.2) is 5.16 Å². The molecule has 3 aromatic rings. The first-order chi connectivity index (χ1) is 15.6. The number of hydrogen-bond donors (Lipinski definition) is 1. The molecule has 0 fully saturated rings. The van der Waals surface area contributed by atoms with Crippen LogP contribution in [0.5, 0.6) is 0 Å². The number of nitrogens with one attached hydrogen (secondary N) is 1. The Bertz CT molecular complexity index is 1100. The number of carbonyl (C=O) groups excluding carboxylic acids is 2. The minimum atomic E-state index is -0.352. The number of thiophene rings is 2. The van der Waals surface area contributed by atoms with Gasteiger partial charge in [0, 0.05) is 11.1 Å². The van der Waals surface area contributed by atoms with E-state index in [4.69, 9.17) is 4.74 Å². The minimum absolute atomic E-state index is 0.163. The highest BCUT2D eigenvalue weighted by molar-refractivity contribution is 7.99. The maximum atomic E-state index is 12.7. The van der Waals surface area contributed by atoms with Gasteiger partial charge in [-0.3, -0.25) is 4.79 Å². The van der Waals surface area contributed by atoms with Crippen LogP contribution in [0.15, 0.2) is 34.9 Å². The lowest BCUT2D eigenvalue weighted by Gasteiger charge is -2.20. The number of carbonyl (C=O) groups is 2. The Balaban J connectivity index is 1.46. The molecule has 0 spiro atoms. The number of aromatic nitrogens is 2. The molecule has 0 bridgehead atoms. The zero-order valence-electron chi connectivity index (χ0n) is 18.1. The molecule has 1 aliphatic rings. The standard InChI is InChI=1S/C23H25N3O3S3/c1-3-14-7-8-15-18(12-14)32-21(20(15)22(28)29-4-2)26-19(27)13-31-23-24-10-9-16(25-23)17-6-5-11-30-17/h5-6,9-11,14H,3-4,7-8,12-13H2,1-2H3,(H,26,27)/t14-/m0/s1. The summed E-state index contributed by atoms with van der Waals surface area (Å²) in [6, 6.07) is 5.85. The van der Waals surface area contributed by atoms with Gasteiger partial charge in [0.05, 0.1) is 28.5 Å². The number of anilines is 1. The normalized spacial score (nSPS) is 15.2. The van der Waals surface area contributed by atoms with Crippen LogP contribution in [-0.2, 0) is 22.4 Å². The molecule has 3 aromatic heterocycles. The Morgan fingerprint density at radius 3 is 2.94 bits per heavy atom. The highest BCUT2D eigenvalue weighted by atomic mass is 32.2. The molecule has 0 radical (unpaired) electrons. The second-order valence-electron chi connectivity index (χ2n) is 7.48. The molecule has 0 saturated carbocycles. The SMILES string of the molecule is CCOC(=O)c1c(NC(=O)CSc2nccc(-c3cccs3)n2)sc2c1CC[C@H](CC)C2. The molecule has 0 aliphatic heterocycles. The Labute approximate surface area is 199 Å². The Morgan fingerprint density at radius 1 is 1.31 bits per heavy atom. The predicted octanol–water partition coefficient (Wildman–Crippen LogP) is 5.69. The number of hydrogen-bond acceptors (Lipinski definition) is 8. The fraction of sp³-hybridized carbons (Fsp3) is 0.391. The van der Waals surface area contributed by atoms with Gasteiger partial charge in [-0.15, -0.1) is 22.7 Å². The Hall–Kier alpha value is -2.23. The topological polar surface area (TPSA) is 81.2 Å². The van der Waals surface area contributed by atoms with Crippen molar-refractivity contribution in [1.82, 2.24) is 9.97 Å². The van der Waals surface area contributed by atoms with Crippen LogP contribution >= 0.6 is 34.4 Å². The van der Waals surface area contributed by atoms with Crippen LogP contribution in [-0.4, -0.2) is 34.2 Å². The third-order valence-corrected chi connectivity index (χ3v) is 8.34. The summed E-state index contributed by atoms with van der Waals surface area (Å²) >= 11 is 4.41. The maximum Gasteiger partial charge on any atom is 0.341 e. The first kappa shape index (κ1) is 22.9. The fourth-order valence-corrected chi connectivity index (χ4v) is 6.47. The second-order valence-corrected chi connectivity index (χ2v) is 10.5. The van der Waals surface area contributed by atoms with Crippen LogP contribution in [0.2, 0.25) is 0 Å². The Kier molecular flexibility index (Phi) is 7.59. The van der Waals surface area contributed by atoms with Crippen molar-refractivity contribution in [3.05, 3.63) is 45.8 Å². The fourth-order valence-electron chi connectivity index (χ4n) is 3.77. The maximum absolute atomic E-state index is 12.7. The highest BCUT2D eigenvalue weighted by Gasteiger charge is 2.29. The molecular formula is C23H25N3O3S3. The summed E-state index contributed by atoms with van der Waals surface area (Å²) in [6.45, 7) is 4.30. The first-order valence-electron chi connectivity index (χ1n) is 10.7. The Morgan fingerprint density at radius 2 is 2.19 bits per heavy atom. The molecule has 1 atom stereocenters. The van der Waals surface area contributed by atoms with Crippen molar-refractivity contribution in [3.8, 4) is 10.6 Å². The molecule has 1 N–H and O–H groups in total. The molecule has 6 nitrogen and oxygen atoms in total. The molecule has 0 unspecified atom stereocenters. The van der Waals surface area contributed by atoms with E-state index in [0.717, 1.165) is 41.8 Å². The van der Waals surface area contributed by atoms with Gasteiger partial charge in [0.1, 0.15) is 5.00 Å². The summed E-state index contributed by atoms with van der Waals surface area (Å²) in [7, 11) is 0. The average molecular weight is 488 g/mol. The van der Waals surface area contributed by atoms with E-state index < -0.39 is 0 Å². The zero-order valence-corrected chi connectivity index (χ0v) is 20.5. The van der Waals surface area contributed by atoms with E-state index >= 15 is 0 Å². The van der Waals surface area contributed by atoms with E-state index in [1.54, 1.807) is 24.5 Å². The quantitative estimate of drug-likeness (QED) is 0.250. The molecule has 4 rings (SSSR count). The van der Waals surface area contributed by atoms with Crippen molar-refractivity contribution < 1.29 is 14.3 Å². The van der Waals surface area contributed by atoms with E-state index in [2.05, 4.69) is 22.2 Å². The van der Waals surface area contributed by atoms with E-state index in [0.29, 0.717) is 28.2 Å². The number of thioether (sulfide) groups is 1. The van der Waals surface area contributed by atoms with Crippen molar-refractivity contribution in [2.75, 3.05) is 17.7 Å². The monoisotopic (exact) mass is 487 g/mol. The number of amides is 1. The molecular weight excluding hydrogens is 462 g/mol. The zero-order chi connectivity index (χ0) is 22.5. The van der Waals surface area contributed by atoms with Gasteiger partial charge < -0.3 is 10.1 Å². The molecule has 0 saturated heterocycles. The summed E-state index contributed by atoms with van der Waals surface area (Å²) < 4.78 is 5.30. The number of rotatable bonds is 8. The van der Waals surface area contributed by atoms with Gasteiger partial charge in [-0.05, 0) is 55.2 Å². The summed E-state index contributed by atoms with van der Waals surface area (Å²) in [6.07, 6.45) is 5.70. The van der Waals surface area contributed by atoms with Crippen LogP contribution in [0.3, 0.4) is 0 Å². The second kappa shape index (κ2) is 10.6. The van der Waals surface area contributed by atoms with Gasteiger partial charge in [-0.2, -0.15) is 0 Å². The molecule has 0 aromatic carbocycles. The smallest absolute Gasteiger partial charge is 0.341 e. The lowest BCUT2D eigenvalue weighted by molar-refractivity contribution is -0.113. The molecule has 1 aliphatic carbocycles. The molecule has 9 heteroatoms. The number of ether oxygens (including phenoxy) is 1. The summed E-state index contributed by atoms with van der Waals surface area (Å²) in [5.41, 5.74) is 2.43. The van der Waals surface area contributed by atoms with Crippen LogP contribution in [0, 0.1) is 5.92 Å². The van der Waals surface area contributed by atoms with E-state index in [1.165, 1.54) is 28.0 Å². The lowest BCUT2D eigenvalue weighted by atomic mass is 9.85. The van der Waals surface area contributed by atoms with Crippen molar-refractivity contribution in [1.29, 1.82) is 0 Å². The average Bonchev–Trinajstić information content (AvgIpc) is 3.45. The van der Waals surface area contributed by atoms with Crippen molar-refractivity contribution >= 4 is 51.3 Å². The molecule has 1 amide bonds. The van der Waals surface area contributed by atoms with Gasteiger partial charge in [-0.25, -0.2) is 14.8 Å². The van der Waals surface area contributed by atoms with E-state index in [9.17, 15) is 9.59 Å². The third-order valence-electron chi connectivity index (χ3n) is 5.42. The minimum Gasteiger partial charge on any atom is -0.462 e. The largest absolute Gasteiger partial charge is 0.462 e. The molecule has 168 valence electrons. The van der Waals surface area contributed by atoms with E-state index in [1.807, 2.05) is 23.6 Å². The van der Waals surface area contributed by atoms with Crippen molar-refractivity contribution in [2.24, 2.45) is 5.92 Å². The number of nitrogens with zero attached hydrogens (tertiary/aromatic N) is 2. The molecule has 3 heterocycles. The summed E-state index contributed by atoms with van der Waals surface area (Å²) in [5, 5.41) is 6.11. The van der Waals surface area contributed by atoms with Gasteiger partial charge in [0.2, 0.25) is 5.91 Å². The lowest BCUT2D eigenvalue weighted by Crippen LogP contribution is -2.18. The molecule has 32 heavy (non-hydrogen) atoms. The van der Waals surface area contributed by atoms with Crippen molar-refractivity contribution in [3.63, 3.8) is 0 Å². The first-order valence-corrected chi connectivity index (χ1v) is 13.4. The van der Waals surface area contributed by atoms with Gasteiger partial charge in [-0.1, -0.05) is 31.2 Å². The summed E-state index contributed by atoms with van der Waals surface area (Å²) in [5.74, 6) is 0.255. The highest BCUT2D eigenvalue weighted by Crippen LogP contribution is 2.41. The van der Waals surface area contributed by atoms with Gasteiger partial charge in [0.25, 0.3) is 0 Å². The number of esters is 1.